The van der Waals surface area contributed by atoms with Gasteiger partial charge in [-0.05, 0) is 57.7 Å². The summed E-state index contributed by atoms with van der Waals surface area (Å²) in [5.41, 5.74) is 0. The SMILES string of the molecule is CCCCOC(=O)CN1CCC(CNC2CC2)CC1. The molecule has 1 aliphatic heterocycles. The first-order valence-corrected chi connectivity index (χ1v) is 7.89. The van der Waals surface area contributed by atoms with Gasteiger partial charge in [0.1, 0.15) is 0 Å². The van der Waals surface area contributed by atoms with Crippen molar-refractivity contribution in [3.05, 3.63) is 0 Å². The predicted molar refractivity (Wildman–Crippen MR) is 76.1 cm³/mol. The van der Waals surface area contributed by atoms with Gasteiger partial charge in [-0.15, -0.1) is 0 Å². The number of esters is 1. The molecule has 1 aliphatic carbocycles. The summed E-state index contributed by atoms with van der Waals surface area (Å²) < 4.78 is 5.21. The number of hydrogen-bond acceptors (Lipinski definition) is 4. The van der Waals surface area contributed by atoms with Crippen molar-refractivity contribution in [2.45, 2.75) is 51.5 Å². The molecule has 110 valence electrons. The molecule has 1 heterocycles. The smallest absolute Gasteiger partial charge is 0.320 e. The highest BCUT2D eigenvalue weighted by Crippen LogP contribution is 2.21. The highest BCUT2D eigenvalue weighted by molar-refractivity contribution is 5.71. The van der Waals surface area contributed by atoms with E-state index in [-0.39, 0.29) is 5.97 Å². The van der Waals surface area contributed by atoms with Gasteiger partial charge in [0.2, 0.25) is 0 Å². The summed E-state index contributed by atoms with van der Waals surface area (Å²) >= 11 is 0. The zero-order valence-electron chi connectivity index (χ0n) is 12.2. The summed E-state index contributed by atoms with van der Waals surface area (Å²) in [6, 6.07) is 0.812. The molecule has 2 rings (SSSR count). The molecule has 0 spiro atoms. The lowest BCUT2D eigenvalue weighted by molar-refractivity contribution is -0.145. The van der Waals surface area contributed by atoms with E-state index < -0.39 is 0 Å². The lowest BCUT2D eigenvalue weighted by Crippen LogP contribution is -2.40. The molecule has 1 saturated carbocycles. The van der Waals surface area contributed by atoms with Crippen LogP contribution in [-0.4, -0.2) is 49.7 Å². The largest absolute Gasteiger partial charge is 0.465 e. The van der Waals surface area contributed by atoms with Crippen molar-refractivity contribution in [2.75, 3.05) is 32.8 Å². The summed E-state index contributed by atoms with van der Waals surface area (Å²) in [6.45, 7) is 6.41. The third kappa shape index (κ3) is 5.91. The third-order valence-electron chi connectivity index (χ3n) is 4.09. The van der Waals surface area contributed by atoms with Gasteiger partial charge in [0, 0.05) is 6.04 Å². The van der Waals surface area contributed by atoms with Crippen LogP contribution in [0.5, 0.6) is 0 Å². The van der Waals surface area contributed by atoms with Crippen LogP contribution in [0.4, 0.5) is 0 Å². The monoisotopic (exact) mass is 268 g/mol. The number of piperidine rings is 1. The van der Waals surface area contributed by atoms with E-state index in [1.54, 1.807) is 0 Å². The van der Waals surface area contributed by atoms with Gasteiger partial charge in [0.15, 0.2) is 0 Å². The Morgan fingerprint density at radius 2 is 2.00 bits per heavy atom. The summed E-state index contributed by atoms with van der Waals surface area (Å²) in [5.74, 6) is 0.746. The minimum absolute atomic E-state index is 0.0528. The first kappa shape index (κ1) is 14.8. The first-order chi connectivity index (χ1) is 9.28. The number of carbonyl (C=O) groups is 1. The Hall–Kier alpha value is -0.610. The second-order valence-electron chi connectivity index (χ2n) is 5.98. The molecular weight excluding hydrogens is 240 g/mol. The van der Waals surface area contributed by atoms with Crippen molar-refractivity contribution in [1.82, 2.24) is 10.2 Å². The molecule has 0 aromatic rings. The number of nitrogens with one attached hydrogen (secondary N) is 1. The molecule has 19 heavy (non-hydrogen) atoms. The van der Waals surface area contributed by atoms with Crippen LogP contribution >= 0.6 is 0 Å². The Kier molecular flexibility index (Phi) is 6.11. The maximum atomic E-state index is 11.6. The zero-order chi connectivity index (χ0) is 13.5. The number of ether oxygens (including phenoxy) is 1. The normalized spacial score (nSPS) is 21.5. The van der Waals surface area contributed by atoms with Crippen molar-refractivity contribution in [1.29, 1.82) is 0 Å². The average Bonchev–Trinajstić information content (AvgIpc) is 3.22. The Labute approximate surface area is 116 Å². The summed E-state index contributed by atoms with van der Waals surface area (Å²) in [5, 5.41) is 3.61. The van der Waals surface area contributed by atoms with Crippen LogP contribution in [-0.2, 0) is 9.53 Å². The topological polar surface area (TPSA) is 41.6 Å². The minimum atomic E-state index is -0.0528. The van der Waals surface area contributed by atoms with Crippen molar-refractivity contribution in [3.8, 4) is 0 Å². The minimum Gasteiger partial charge on any atom is -0.465 e. The zero-order valence-corrected chi connectivity index (χ0v) is 12.2. The van der Waals surface area contributed by atoms with Crippen molar-refractivity contribution in [2.24, 2.45) is 5.92 Å². The van der Waals surface area contributed by atoms with Gasteiger partial charge in [0.25, 0.3) is 0 Å². The molecule has 4 nitrogen and oxygen atoms in total. The standard InChI is InChI=1S/C15H28N2O2/c1-2-3-10-19-15(18)12-17-8-6-13(7-9-17)11-16-14-4-5-14/h13-14,16H,2-12H2,1H3. The molecule has 0 aromatic heterocycles. The number of nitrogens with zero attached hydrogens (tertiary/aromatic N) is 1. The van der Waals surface area contributed by atoms with Crippen LogP contribution in [0.2, 0.25) is 0 Å². The predicted octanol–water partition coefficient (Wildman–Crippen LogP) is 1.79. The van der Waals surface area contributed by atoms with Crippen LogP contribution in [0.15, 0.2) is 0 Å². The fraction of sp³-hybridized carbons (Fsp3) is 0.933. The van der Waals surface area contributed by atoms with E-state index in [1.165, 1.54) is 32.2 Å². The van der Waals surface area contributed by atoms with Crippen LogP contribution in [0.1, 0.15) is 45.4 Å². The summed E-state index contributed by atoms with van der Waals surface area (Å²) in [4.78, 5) is 13.9. The van der Waals surface area contributed by atoms with Crippen LogP contribution in [0.25, 0.3) is 0 Å². The Bertz CT molecular complexity index is 271. The number of rotatable bonds is 8. The summed E-state index contributed by atoms with van der Waals surface area (Å²) in [6.07, 6.45) is 7.20. The van der Waals surface area contributed by atoms with Crippen LogP contribution < -0.4 is 5.32 Å². The molecule has 0 aromatic carbocycles. The molecular formula is C15H28N2O2. The fourth-order valence-electron chi connectivity index (χ4n) is 2.53. The van der Waals surface area contributed by atoms with Crippen molar-refractivity contribution in [3.63, 3.8) is 0 Å². The third-order valence-corrected chi connectivity index (χ3v) is 4.09. The highest BCUT2D eigenvalue weighted by Gasteiger charge is 2.25. The van der Waals surface area contributed by atoms with E-state index >= 15 is 0 Å². The molecule has 2 aliphatic rings. The summed E-state index contributed by atoms with van der Waals surface area (Å²) in [7, 11) is 0. The Morgan fingerprint density at radius 3 is 2.63 bits per heavy atom. The van der Waals surface area contributed by atoms with E-state index in [0.29, 0.717) is 13.2 Å². The second-order valence-corrected chi connectivity index (χ2v) is 5.98. The van der Waals surface area contributed by atoms with Gasteiger partial charge in [-0.3, -0.25) is 9.69 Å². The number of carbonyl (C=O) groups excluding carboxylic acids is 1. The molecule has 1 saturated heterocycles. The molecule has 0 radical (unpaired) electrons. The highest BCUT2D eigenvalue weighted by atomic mass is 16.5. The quantitative estimate of drug-likeness (QED) is 0.538. The van der Waals surface area contributed by atoms with Gasteiger partial charge >= 0.3 is 5.97 Å². The number of likely N-dealkylation sites (tertiary alicyclic amines) is 1. The molecule has 0 atom stereocenters. The molecule has 4 heteroatoms. The van der Waals surface area contributed by atoms with Gasteiger partial charge < -0.3 is 10.1 Å². The number of unbranched alkanes of at least 4 members (excludes halogenated alkanes) is 1. The maximum Gasteiger partial charge on any atom is 0.320 e. The van der Waals surface area contributed by atoms with Crippen LogP contribution in [0.3, 0.4) is 0 Å². The molecule has 1 N–H and O–H groups in total. The van der Waals surface area contributed by atoms with Gasteiger partial charge in [-0.1, -0.05) is 13.3 Å². The molecule has 0 bridgehead atoms. The van der Waals surface area contributed by atoms with Crippen molar-refractivity contribution < 1.29 is 9.53 Å². The van der Waals surface area contributed by atoms with Crippen LogP contribution in [0, 0.1) is 5.92 Å². The van der Waals surface area contributed by atoms with E-state index in [0.717, 1.165) is 37.9 Å². The van der Waals surface area contributed by atoms with Gasteiger partial charge in [0.05, 0.1) is 13.2 Å². The van der Waals surface area contributed by atoms with E-state index in [1.807, 2.05) is 0 Å². The first-order valence-electron chi connectivity index (χ1n) is 7.89. The van der Waals surface area contributed by atoms with Gasteiger partial charge in [-0.2, -0.15) is 0 Å². The molecule has 2 fully saturated rings. The molecule has 0 unspecified atom stereocenters. The lowest BCUT2D eigenvalue weighted by Gasteiger charge is -2.31. The van der Waals surface area contributed by atoms with E-state index in [2.05, 4.69) is 17.1 Å². The maximum absolute atomic E-state index is 11.6. The Balaban J connectivity index is 1.53. The van der Waals surface area contributed by atoms with Gasteiger partial charge in [-0.25, -0.2) is 0 Å². The lowest BCUT2D eigenvalue weighted by atomic mass is 9.97. The Morgan fingerprint density at radius 1 is 1.26 bits per heavy atom. The van der Waals surface area contributed by atoms with E-state index in [9.17, 15) is 4.79 Å². The number of hydrogen-bond donors (Lipinski definition) is 1. The second kappa shape index (κ2) is 7.85. The average molecular weight is 268 g/mol. The molecule has 0 amide bonds. The fourth-order valence-corrected chi connectivity index (χ4v) is 2.53. The van der Waals surface area contributed by atoms with Crippen molar-refractivity contribution >= 4 is 5.97 Å². The van der Waals surface area contributed by atoms with E-state index in [4.69, 9.17) is 4.74 Å².